The molecule has 0 aliphatic rings. The molecule has 1 aromatic carbocycles. The first kappa shape index (κ1) is 11.6. The van der Waals surface area contributed by atoms with Crippen molar-refractivity contribution in [3.05, 3.63) is 30.3 Å². The third-order valence-corrected chi connectivity index (χ3v) is 0.800. The van der Waals surface area contributed by atoms with Crippen molar-refractivity contribution in [3.8, 4) is 0 Å². The number of nitrogens with two attached hydrogens (primary N) is 1. The topological polar surface area (TPSA) is 26.0 Å². The molecule has 0 spiro atoms. The van der Waals surface area contributed by atoms with Crippen LogP contribution in [-0.2, 0) is 14.2 Å². The summed E-state index contributed by atoms with van der Waals surface area (Å²) in [5.74, 6) is 0. The van der Waals surface area contributed by atoms with Crippen LogP contribution in [0.15, 0.2) is 30.3 Å². The zero-order chi connectivity index (χ0) is 8.69. The van der Waals surface area contributed by atoms with Crippen LogP contribution in [0.4, 0.5) is 5.69 Å². The SMILES string of the molecule is Nc1ccccc1.[Cl][W]([Cl])[Cl]. The molecule has 0 heterocycles. The standard InChI is InChI=1S/C6H7N.3ClH.W/c7-6-4-2-1-3-5-6;;;;/h1-5H,7H2;3*1H;/q;;;;+3/p-3. The molecular weight excluding hydrogens is 376 g/mol. The Morgan fingerprint density at radius 3 is 1.55 bits per heavy atom. The van der Waals surface area contributed by atoms with E-state index in [4.69, 9.17) is 34.0 Å². The van der Waals surface area contributed by atoms with Gasteiger partial charge in [-0.25, -0.2) is 0 Å². The first-order chi connectivity index (χ1) is 5.13. The molecule has 1 aromatic rings. The van der Waals surface area contributed by atoms with E-state index in [9.17, 15) is 0 Å². The number of hydrogen-bond donors (Lipinski definition) is 1. The Kier molecular flexibility index (Phi) is 7.62. The normalized spacial score (nSPS) is 8.73. The van der Waals surface area contributed by atoms with Gasteiger partial charge in [0.15, 0.2) is 0 Å². The quantitative estimate of drug-likeness (QED) is 0.684. The van der Waals surface area contributed by atoms with Crippen LogP contribution in [0.5, 0.6) is 0 Å². The number of nitrogen functional groups attached to an aromatic ring is 1. The van der Waals surface area contributed by atoms with Crippen molar-refractivity contribution in [2.24, 2.45) is 0 Å². The molecule has 0 unspecified atom stereocenters. The number of benzene rings is 1. The first-order valence-electron chi connectivity index (χ1n) is 2.66. The summed E-state index contributed by atoms with van der Waals surface area (Å²) < 4.78 is 0. The number of hydrogen-bond acceptors (Lipinski definition) is 1. The van der Waals surface area contributed by atoms with Crippen molar-refractivity contribution in [1.82, 2.24) is 0 Å². The van der Waals surface area contributed by atoms with E-state index in [0.717, 1.165) is 5.69 Å². The molecule has 0 radical (unpaired) electrons. The molecule has 0 fully saturated rings. The Bertz CT molecular complexity index is 178. The average molecular weight is 383 g/mol. The van der Waals surface area contributed by atoms with Crippen LogP contribution in [-0.4, -0.2) is 0 Å². The number of anilines is 1. The third kappa shape index (κ3) is 10.6. The van der Waals surface area contributed by atoms with E-state index >= 15 is 0 Å². The van der Waals surface area contributed by atoms with E-state index in [1.54, 1.807) is 0 Å². The van der Waals surface area contributed by atoms with Gasteiger partial charge in [-0.15, -0.1) is 0 Å². The van der Waals surface area contributed by atoms with Crippen molar-refractivity contribution in [3.63, 3.8) is 0 Å². The second-order valence-corrected chi connectivity index (χ2v) is 14.3. The predicted molar refractivity (Wildman–Crippen MR) is 48.4 cm³/mol. The van der Waals surface area contributed by atoms with Gasteiger partial charge in [0.05, 0.1) is 0 Å². The summed E-state index contributed by atoms with van der Waals surface area (Å²) >= 11 is -2.11. The van der Waals surface area contributed by atoms with Gasteiger partial charge >= 0.3 is 42.4 Å². The van der Waals surface area contributed by atoms with Crippen molar-refractivity contribution in [1.29, 1.82) is 0 Å². The van der Waals surface area contributed by atoms with Crippen molar-refractivity contribution in [2.75, 3.05) is 5.73 Å². The molecule has 1 nitrogen and oxygen atoms in total. The van der Waals surface area contributed by atoms with Crippen LogP contribution >= 0.6 is 28.3 Å². The van der Waals surface area contributed by atoms with E-state index in [0.29, 0.717) is 0 Å². The summed E-state index contributed by atoms with van der Waals surface area (Å²) in [7, 11) is 15.0. The molecule has 0 saturated heterocycles. The molecule has 0 aromatic heterocycles. The van der Waals surface area contributed by atoms with Crippen LogP contribution in [0, 0.1) is 0 Å². The van der Waals surface area contributed by atoms with Gasteiger partial charge < -0.3 is 5.73 Å². The summed E-state index contributed by atoms with van der Waals surface area (Å²) in [6, 6.07) is 9.49. The van der Waals surface area contributed by atoms with Crippen LogP contribution in [0.2, 0.25) is 0 Å². The van der Waals surface area contributed by atoms with Gasteiger partial charge in [-0.2, -0.15) is 0 Å². The van der Waals surface area contributed by atoms with Gasteiger partial charge in [-0.3, -0.25) is 0 Å². The van der Waals surface area contributed by atoms with Gasteiger partial charge in [-0.05, 0) is 12.1 Å². The molecule has 11 heavy (non-hydrogen) atoms. The minimum absolute atomic E-state index is 0.822. The zero-order valence-electron chi connectivity index (χ0n) is 5.51. The molecule has 63 valence electrons. The Balaban J connectivity index is 0.000000218. The van der Waals surface area contributed by atoms with Gasteiger partial charge in [0, 0.05) is 5.69 Å². The number of halogens is 3. The Morgan fingerprint density at radius 2 is 1.36 bits per heavy atom. The second-order valence-electron chi connectivity index (χ2n) is 1.59. The summed E-state index contributed by atoms with van der Waals surface area (Å²) in [5, 5.41) is 0. The summed E-state index contributed by atoms with van der Waals surface area (Å²) in [4.78, 5) is 0. The summed E-state index contributed by atoms with van der Waals surface area (Å²) in [6.07, 6.45) is 0. The van der Waals surface area contributed by atoms with E-state index in [1.165, 1.54) is 0 Å². The monoisotopic (exact) mass is 382 g/mol. The van der Waals surface area contributed by atoms with Crippen LogP contribution < -0.4 is 5.73 Å². The van der Waals surface area contributed by atoms with Crippen molar-refractivity contribution >= 4 is 33.9 Å². The van der Waals surface area contributed by atoms with Crippen LogP contribution in [0.3, 0.4) is 0 Å². The fourth-order valence-electron chi connectivity index (χ4n) is 0.453. The number of rotatable bonds is 0. The fraction of sp³-hybridized carbons (Fsp3) is 0. The van der Waals surface area contributed by atoms with E-state index in [1.807, 2.05) is 30.3 Å². The molecule has 0 bridgehead atoms. The van der Waals surface area contributed by atoms with Crippen molar-refractivity contribution in [2.45, 2.75) is 0 Å². The second kappa shape index (κ2) is 7.24. The van der Waals surface area contributed by atoms with Gasteiger partial charge in [-0.1, -0.05) is 18.2 Å². The third-order valence-electron chi connectivity index (χ3n) is 0.800. The molecule has 1 rings (SSSR count). The Labute approximate surface area is 83.8 Å². The molecule has 0 saturated carbocycles. The fourth-order valence-corrected chi connectivity index (χ4v) is 0.453. The Hall–Kier alpha value is 0.578. The molecular formula is C6H7Cl3NW. The van der Waals surface area contributed by atoms with Crippen LogP contribution in [0.25, 0.3) is 0 Å². The maximum absolute atomic E-state index is 5.36. The molecule has 5 heteroatoms. The maximum atomic E-state index is 5.36. The van der Waals surface area contributed by atoms with Crippen molar-refractivity contribution < 1.29 is 14.2 Å². The molecule has 2 N–H and O–H groups in total. The Morgan fingerprint density at radius 1 is 1.00 bits per heavy atom. The first-order valence-corrected chi connectivity index (χ1v) is 13.6. The average Bonchev–Trinajstić information content (AvgIpc) is 1.87. The van der Waals surface area contributed by atoms with Gasteiger partial charge in [0.25, 0.3) is 0 Å². The van der Waals surface area contributed by atoms with Crippen LogP contribution in [0.1, 0.15) is 0 Å². The van der Waals surface area contributed by atoms with Gasteiger partial charge in [0.2, 0.25) is 0 Å². The minimum atomic E-state index is -2.11. The molecule has 0 aliphatic carbocycles. The molecule has 0 amide bonds. The van der Waals surface area contributed by atoms with E-state index in [2.05, 4.69) is 0 Å². The van der Waals surface area contributed by atoms with Gasteiger partial charge in [0.1, 0.15) is 0 Å². The zero-order valence-corrected chi connectivity index (χ0v) is 10.7. The van der Waals surface area contributed by atoms with E-state index < -0.39 is 14.2 Å². The summed E-state index contributed by atoms with van der Waals surface area (Å²) in [5.41, 5.74) is 6.18. The molecule has 0 atom stereocenters. The predicted octanol–water partition coefficient (Wildman–Crippen LogP) is 3.33. The molecule has 0 aliphatic heterocycles. The number of para-hydroxylation sites is 1. The van der Waals surface area contributed by atoms with E-state index in [-0.39, 0.29) is 0 Å². The summed E-state index contributed by atoms with van der Waals surface area (Å²) in [6.45, 7) is 0.